The summed E-state index contributed by atoms with van der Waals surface area (Å²) in [5, 5.41) is 9.13. The van der Waals surface area contributed by atoms with Gasteiger partial charge in [0.2, 0.25) is 0 Å². The Labute approximate surface area is 112 Å². The molecule has 0 spiro atoms. The quantitative estimate of drug-likeness (QED) is 0.913. The van der Waals surface area contributed by atoms with Gasteiger partial charge in [0.25, 0.3) is 0 Å². The van der Waals surface area contributed by atoms with Crippen molar-refractivity contribution in [3.63, 3.8) is 0 Å². The van der Waals surface area contributed by atoms with Gasteiger partial charge in [-0.1, -0.05) is 0 Å². The van der Waals surface area contributed by atoms with Crippen LogP contribution in [0.4, 0.5) is 5.69 Å². The van der Waals surface area contributed by atoms with Gasteiger partial charge in [0.05, 0.1) is 5.52 Å². The smallest absolute Gasteiger partial charge is 0.408 e. The number of aryl methyl sites for hydroxylation is 1. The molecule has 0 amide bonds. The Hall–Kier alpha value is -1.75. The SMILES string of the molecule is CN(c1ccc2oc(=O)n(C)c2c1)C(C)(C)CCO. The Morgan fingerprint density at radius 3 is 2.74 bits per heavy atom. The molecule has 19 heavy (non-hydrogen) atoms. The van der Waals surface area contributed by atoms with Crippen molar-refractivity contribution in [1.29, 1.82) is 0 Å². The summed E-state index contributed by atoms with van der Waals surface area (Å²) in [5.74, 6) is -0.357. The zero-order valence-electron chi connectivity index (χ0n) is 11.8. The maximum Gasteiger partial charge on any atom is 0.419 e. The number of aromatic nitrogens is 1. The van der Waals surface area contributed by atoms with Gasteiger partial charge in [-0.15, -0.1) is 0 Å². The zero-order chi connectivity index (χ0) is 14.2. The average molecular weight is 264 g/mol. The summed E-state index contributed by atoms with van der Waals surface area (Å²) in [6.07, 6.45) is 0.672. The van der Waals surface area contributed by atoms with Gasteiger partial charge in [-0.05, 0) is 38.5 Å². The number of oxazole rings is 1. The molecule has 104 valence electrons. The van der Waals surface area contributed by atoms with Crippen molar-refractivity contribution in [1.82, 2.24) is 4.57 Å². The van der Waals surface area contributed by atoms with Gasteiger partial charge < -0.3 is 14.4 Å². The van der Waals surface area contributed by atoms with Crippen molar-refractivity contribution >= 4 is 16.8 Å². The van der Waals surface area contributed by atoms with Gasteiger partial charge in [0.15, 0.2) is 5.58 Å². The molecule has 2 rings (SSSR count). The van der Waals surface area contributed by atoms with Crippen LogP contribution in [0.15, 0.2) is 27.4 Å². The number of nitrogens with zero attached hydrogens (tertiary/aromatic N) is 2. The Morgan fingerprint density at radius 1 is 1.42 bits per heavy atom. The maximum atomic E-state index is 11.5. The van der Waals surface area contributed by atoms with Crippen LogP contribution in [0.2, 0.25) is 0 Å². The van der Waals surface area contributed by atoms with Crippen LogP contribution in [0.25, 0.3) is 11.1 Å². The maximum absolute atomic E-state index is 11.5. The van der Waals surface area contributed by atoms with Gasteiger partial charge in [0.1, 0.15) is 0 Å². The molecule has 0 aliphatic heterocycles. The Balaban J connectivity index is 2.46. The third-order valence-electron chi connectivity index (χ3n) is 3.79. The molecule has 0 saturated heterocycles. The summed E-state index contributed by atoms with van der Waals surface area (Å²) < 4.78 is 6.61. The highest BCUT2D eigenvalue weighted by Gasteiger charge is 2.23. The lowest BCUT2D eigenvalue weighted by molar-refractivity contribution is 0.250. The molecule has 1 aromatic heterocycles. The van der Waals surface area contributed by atoms with E-state index >= 15 is 0 Å². The number of benzene rings is 1. The largest absolute Gasteiger partial charge is 0.419 e. The monoisotopic (exact) mass is 264 g/mol. The highest BCUT2D eigenvalue weighted by atomic mass is 16.4. The molecule has 0 saturated carbocycles. The molecular formula is C14H20N2O3. The van der Waals surface area contributed by atoms with Crippen LogP contribution >= 0.6 is 0 Å². The van der Waals surface area contributed by atoms with E-state index < -0.39 is 0 Å². The molecule has 0 fully saturated rings. The molecule has 0 atom stereocenters. The fraction of sp³-hybridized carbons (Fsp3) is 0.500. The van der Waals surface area contributed by atoms with E-state index in [1.165, 1.54) is 4.57 Å². The number of fused-ring (bicyclic) bond motifs is 1. The minimum absolute atomic E-state index is 0.143. The minimum atomic E-state index is -0.357. The van der Waals surface area contributed by atoms with E-state index in [0.29, 0.717) is 12.0 Å². The van der Waals surface area contributed by atoms with Crippen LogP contribution < -0.4 is 10.7 Å². The van der Waals surface area contributed by atoms with Crippen molar-refractivity contribution < 1.29 is 9.52 Å². The number of aliphatic hydroxyl groups excluding tert-OH is 1. The van der Waals surface area contributed by atoms with Crippen molar-refractivity contribution in [3.05, 3.63) is 28.7 Å². The molecule has 1 N–H and O–H groups in total. The predicted molar refractivity (Wildman–Crippen MR) is 75.6 cm³/mol. The topological polar surface area (TPSA) is 58.6 Å². The van der Waals surface area contributed by atoms with E-state index in [1.807, 2.05) is 19.2 Å². The third-order valence-corrected chi connectivity index (χ3v) is 3.79. The minimum Gasteiger partial charge on any atom is -0.408 e. The van der Waals surface area contributed by atoms with Crippen LogP contribution in [0, 0.1) is 0 Å². The molecule has 5 nitrogen and oxygen atoms in total. The average Bonchev–Trinajstić information content (AvgIpc) is 2.64. The van der Waals surface area contributed by atoms with Crippen molar-refractivity contribution in [2.24, 2.45) is 7.05 Å². The lowest BCUT2D eigenvalue weighted by Crippen LogP contribution is -2.41. The summed E-state index contributed by atoms with van der Waals surface area (Å²) in [6.45, 7) is 4.29. The fourth-order valence-corrected chi connectivity index (χ4v) is 2.11. The van der Waals surface area contributed by atoms with E-state index in [9.17, 15) is 4.79 Å². The van der Waals surface area contributed by atoms with Crippen molar-refractivity contribution in [2.45, 2.75) is 25.8 Å². The molecular weight excluding hydrogens is 244 g/mol. The molecule has 0 aliphatic carbocycles. The molecule has 1 aromatic carbocycles. The number of rotatable bonds is 4. The number of aliphatic hydroxyl groups is 1. The van der Waals surface area contributed by atoms with Gasteiger partial charge in [-0.2, -0.15) is 0 Å². The summed E-state index contributed by atoms with van der Waals surface area (Å²) in [4.78, 5) is 13.6. The number of anilines is 1. The Morgan fingerprint density at radius 2 is 2.11 bits per heavy atom. The van der Waals surface area contributed by atoms with E-state index in [0.717, 1.165) is 11.2 Å². The number of hydrogen-bond donors (Lipinski definition) is 1. The highest BCUT2D eigenvalue weighted by Crippen LogP contribution is 2.27. The molecule has 1 heterocycles. The summed E-state index contributed by atoms with van der Waals surface area (Å²) >= 11 is 0. The zero-order valence-corrected chi connectivity index (χ0v) is 11.8. The molecule has 0 bridgehead atoms. The van der Waals surface area contributed by atoms with E-state index in [-0.39, 0.29) is 17.9 Å². The van der Waals surface area contributed by atoms with Gasteiger partial charge in [-0.3, -0.25) is 4.57 Å². The van der Waals surface area contributed by atoms with Crippen LogP contribution in [0.5, 0.6) is 0 Å². The van der Waals surface area contributed by atoms with Crippen LogP contribution in [0.1, 0.15) is 20.3 Å². The van der Waals surface area contributed by atoms with Crippen molar-refractivity contribution in [3.8, 4) is 0 Å². The van der Waals surface area contributed by atoms with E-state index in [1.54, 1.807) is 13.1 Å². The molecule has 0 unspecified atom stereocenters. The summed E-state index contributed by atoms with van der Waals surface area (Å²) in [7, 11) is 3.67. The van der Waals surface area contributed by atoms with E-state index in [4.69, 9.17) is 9.52 Å². The second-order valence-electron chi connectivity index (χ2n) is 5.42. The Kier molecular flexibility index (Phi) is 3.41. The van der Waals surface area contributed by atoms with Crippen LogP contribution in [-0.4, -0.2) is 28.9 Å². The molecule has 0 radical (unpaired) electrons. The first kappa shape index (κ1) is 13.7. The summed E-state index contributed by atoms with van der Waals surface area (Å²) in [6, 6.07) is 5.65. The van der Waals surface area contributed by atoms with Crippen LogP contribution in [-0.2, 0) is 7.05 Å². The lowest BCUT2D eigenvalue weighted by Gasteiger charge is -2.37. The Bertz CT molecular complexity index is 640. The third kappa shape index (κ3) is 2.38. The fourth-order valence-electron chi connectivity index (χ4n) is 2.11. The second kappa shape index (κ2) is 4.74. The van der Waals surface area contributed by atoms with Gasteiger partial charge in [0, 0.05) is 31.9 Å². The molecule has 0 aliphatic rings. The van der Waals surface area contributed by atoms with Gasteiger partial charge >= 0.3 is 5.76 Å². The summed E-state index contributed by atoms with van der Waals surface area (Å²) in [5.41, 5.74) is 2.19. The van der Waals surface area contributed by atoms with Crippen molar-refractivity contribution in [2.75, 3.05) is 18.6 Å². The van der Waals surface area contributed by atoms with E-state index in [2.05, 4.69) is 18.7 Å². The normalized spacial score (nSPS) is 12.1. The lowest BCUT2D eigenvalue weighted by atomic mass is 9.98. The number of hydrogen-bond acceptors (Lipinski definition) is 4. The van der Waals surface area contributed by atoms with Crippen LogP contribution in [0.3, 0.4) is 0 Å². The predicted octanol–water partition coefficient (Wildman–Crippen LogP) is 1.73. The second-order valence-corrected chi connectivity index (χ2v) is 5.42. The van der Waals surface area contributed by atoms with Gasteiger partial charge in [-0.25, -0.2) is 4.79 Å². The molecule has 2 aromatic rings. The first-order valence-electron chi connectivity index (χ1n) is 6.31. The molecule has 5 heteroatoms. The standard InChI is InChI=1S/C14H20N2O3/c1-14(2,7-8-17)16(4)10-5-6-12-11(9-10)15(3)13(18)19-12/h5-6,9,17H,7-8H2,1-4H3. The first-order chi connectivity index (χ1) is 8.86. The first-order valence-corrected chi connectivity index (χ1v) is 6.31. The highest BCUT2D eigenvalue weighted by molar-refractivity contribution is 5.78.